The van der Waals surface area contributed by atoms with Crippen molar-refractivity contribution in [3.8, 4) is 6.07 Å². The molecule has 1 aromatic carbocycles. The highest BCUT2D eigenvalue weighted by molar-refractivity contribution is 7.99. The molecule has 3 nitrogen and oxygen atoms in total. The number of halogens is 2. The second-order valence-electron chi connectivity index (χ2n) is 3.38. The van der Waals surface area contributed by atoms with Crippen molar-refractivity contribution >= 4 is 17.4 Å². The number of nitriles is 1. The van der Waals surface area contributed by atoms with E-state index >= 15 is 0 Å². The van der Waals surface area contributed by atoms with E-state index in [0.29, 0.717) is 10.7 Å². The van der Waals surface area contributed by atoms with Gasteiger partial charge in [-0.3, -0.25) is 0 Å². The standard InChI is InChI=1S/C12H7F2N3S/c13-8-4-7(6-15)5-9(14)11(8)18-12-10(16)2-1-3-17-12/h1-5H,16H2. The van der Waals surface area contributed by atoms with E-state index in [-0.39, 0.29) is 10.5 Å². The van der Waals surface area contributed by atoms with Crippen molar-refractivity contribution in [2.75, 3.05) is 5.73 Å². The van der Waals surface area contributed by atoms with E-state index in [1.807, 2.05) is 0 Å². The molecular weight excluding hydrogens is 256 g/mol. The Bertz CT molecular complexity index is 614. The van der Waals surface area contributed by atoms with Gasteiger partial charge in [-0.05, 0) is 24.3 Å². The second-order valence-corrected chi connectivity index (χ2v) is 4.38. The Kier molecular flexibility index (Phi) is 3.44. The minimum Gasteiger partial charge on any atom is -0.397 e. The van der Waals surface area contributed by atoms with E-state index in [1.165, 1.54) is 6.20 Å². The molecule has 0 saturated heterocycles. The Labute approximate surface area is 106 Å². The van der Waals surface area contributed by atoms with Gasteiger partial charge in [0.05, 0.1) is 22.2 Å². The highest BCUT2D eigenvalue weighted by Crippen LogP contribution is 2.34. The first-order chi connectivity index (χ1) is 8.61. The molecule has 0 atom stereocenters. The van der Waals surface area contributed by atoms with Crippen LogP contribution in [-0.4, -0.2) is 4.98 Å². The van der Waals surface area contributed by atoms with E-state index in [0.717, 1.165) is 23.9 Å². The van der Waals surface area contributed by atoms with Crippen molar-refractivity contribution in [1.29, 1.82) is 5.26 Å². The summed E-state index contributed by atoms with van der Waals surface area (Å²) in [6, 6.07) is 6.86. The lowest BCUT2D eigenvalue weighted by Crippen LogP contribution is -1.94. The zero-order valence-electron chi connectivity index (χ0n) is 9.02. The quantitative estimate of drug-likeness (QED) is 0.904. The zero-order valence-corrected chi connectivity index (χ0v) is 9.84. The molecule has 0 aliphatic rings. The van der Waals surface area contributed by atoms with E-state index < -0.39 is 11.6 Å². The molecule has 2 N–H and O–H groups in total. The third kappa shape index (κ3) is 2.41. The van der Waals surface area contributed by atoms with Crippen LogP contribution in [0.5, 0.6) is 0 Å². The topological polar surface area (TPSA) is 62.7 Å². The first-order valence-electron chi connectivity index (χ1n) is 4.89. The second kappa shape index (κ2) is 5.02. The fourth-order valence-corrected chi connectivity index (χ4v) is 2.11. The van der Waals surface area contributed by atoms with Gasteiger partial charge < -0.3 is 5.73 Å². The van der Waals surface area contributed by atoms with Crippen LogP contribution in [0.4, 0.5) is 14.5 Å². The summed E-state index contributed by atoms with van der Waals surface area (Å²) in [7, 11) is 0. The lowest BCUT2D eigenvalue weighted by atomic mass is 10.2. The first-order valence-corrected chi connectivity index (χ1v) is 5.71. The number of aromatic nitrogens is 1. The van der Waals surface area contributed by atoms with Crippen molar-refractivity contribution in [2.24, 2.45) is 0 Å². The lowest BCUT2D eigenvalue weighted by Gasteiger charge is -2.06. The fraction of sp³-hybridized carbons (Fsp3) is 0. The Hall–Kier alpha value is -2.13. The summed E-state index contributed by atoms with van der Waals surface area (Å²) in [4.78, 5) is 3.72. The predicted octanol–water partition coefficient (Wildman–Crippen LogP) is 2.96. The molecule has 1 heterocycles. The van der Waals surface area contributed by atoms with Gasteiger partial charge in [-0.25, -0.2) is 13.8 Å². The van der Waals surface area contributed by atoms with Crippen LogP contribution in [0.15, 0.2) is 40.4 Å². The van der Waals surface area contributed by atoms with Gasteiger partial charge in [0.1, 0.15) is 16.7 Å². The van der Waals surface area contributed by atoms with Crippen LogP contribution in [0, 0.1) is 23.0 Å². The maximum atomic E-state index is 13.6. The number of nitrogens with two attached hydrogens (primary N) is 1. The van der Waals surface area contributed by atoms with Gasteiger partial charge in [0.25, 0.3) is 0 Å². The van der Waals surface area contributed by atoms with E-state index in [9.17, 15) is 8.78 Å². The molecule has 0 bridgehead atoms. The predicted molar refractivity (Wildman–Crippen MR) is 63.8 cm³/mol. The summed E-state index contributed by atoms with van der Waals surface area (Å²) >= 11 is 0.791. The van der Waals surface area contributed by atoms with Crippen LogP contribution in [-0.2, 0) is 0 Å². The van der Waals surface area contributed by atoms with E-state index in [1.54, 1.807) is 18.2 Å². The number of hydrogen-bond acceptors (Lipinski definition) is 4. The SMILES string of the molecule is N#Cc1cc(F)c(Sc2ncccc2N)c(F)c1. The molecule has 0 unspecified atom stereocenters. The Morgan fingerprint density at radius 2 is 1.94 bits per heavy atom. The van der Waals surface area contributed by atoms with Gasteiger partial charge in [-0.2, -0.15) is 5.26 Å². The molecular formula is C12H7F2N3S. The van der Waals surface area contributed by atoms with Crippen molar-refractivity contribution in [2.45, 2.75) is 9.92 Å². The van der Waals surface area contributed by atoms with Crippen molar-refractivity contribution in [3.05, 3.63) is 47.7 Å². The normalized spacial score (nSPS) is 10.1. The molecule has 0 spiro atoms. The van der Waals surface area contributed by atoms with Crippen LogP contribution < -0.4 is 5.73 Å². The number of nitrogens with zero attached hydrogens (tertiary/aromatic N) is 2. The van der Waals surface area contributed by atoms with Crippen LogP contribution in [0.2, 0.25) is 0 Å². The summed E-state index contributed by atoms with van der Waals surface area (Å²) in [5.41, 5.74) is 5.92. The van der Waals surface area contributed by atoms with Gasteiger partial charge >= 0.3 is 0 Å². The molecule has 90 valence electrons. The van der Waals surface area contributed by atoms with Crippen molar-refractivity contribution in [1.82, 2.24) is 4.98 Å². The third-order valence-corrected chi connectivity index (χ3v) is 3.26. The molecule has 0 fully saturated rings. The first kappa shape index (κ1) is 12.3. The van der Waals surface area contributed by atoms with Gasteiger partial charge in [0.2, 0.25) is 0 Å². The summed E-state index contributed by atoms with van der Waals surface area (Å²) in [6.45, 7) is 0. The summed E-state index contributed by atoms with van der Waals surface area (Å²) in [5.74, 6) is -1.61. The summed E-state index contributed by atoms with van der Waals surface area (Å²) in [5, 5.41) is 8.91. The molecule has 2 aromatic rings. The molecule has 0 radical (unpaired) electrons. The Morgan fingerprint density at radius 3 is 2.50 bits per heavy atom. The molecule has 1 aromatic heterocycles. The summed E-state index contributed by atoms with van der Waals surface area (Å²) < 4.78 is 27.3. The minimum atomic E-state index is -0.804. The number of nitrogen functional groups attached to an aromatic ring is 1. The van der Waals surface area contributed by atoms with Gasteiger partial charge in [0, 0.05) is 6.20 Å². The van der Waals surface area contributed by atoms with Crippen molar-refractivity contribution < 1.29 is 8.78 Å². The highest BCUT2D eigenvalue weighted by Gasteiger charge is 2.14. The molecule has 18 heavy (non-hydrogen) atoms. The van der Waals surface area contributed by atoms with Gasteiger partial charge in [0.15, 0.2) is 0 Å². The largest absolute Gasteiger partial charge is 0.397 e. The van der Waals surface area contributed by atoms with Crippen LogP contribution in [0.1, 0.15) is 5.56 Å². The Balaban J connectivity index is 2.42. The number of benzene rings is 1. The number of rotatable bonds is 2. The smallest absolute Gasteiger partial charge is 0.141 e. The molecule has 6 heteroatoms. The molecule has 0 aliphatic heterocycles. The number of anilines is 1. The Morgan fingerprint density at radius 1 is 1.28 bits per heavy atom. The highest BCUT2D eigenvalue weighted by atomic mass is 32.2. The monoisotopic (exact) mass is 263 g/mol. The molecule has 0 saturated carbocycles. The lowest BCUT2D eigenvalue weighted by molar-refractivity contribution is 0.540. The average Bonchev–Trinajstić information content (AvgIpc) is 2.35. The van der Waals surface area contributed by atoms with Gasteiger partial charge in [-0.1, -0.05) is 11.8 Å². The molecule has 0 amide bonds. The van der Waals surface area contributed by atoms with Crippen LogP contribution >= 0.6 is 11.8 Å². The van der Waals surface area contributed by atoms with E-state index in [2.05, 4.69) is 4.98 Å². The van der Waals surface area contributed by atoms with E-state index in [4.69, 9.17) is 11.0 Å². The molecule has 2 rings (SSSR count). The average molecular weight is 263 g/mol. The maximum Gasteiger partial charge on any atom is 0.141 e. The maximum absolute atomic E-state index is 13.6. The van der Waals surface area contributed by atoms with Crippen LogP contribution in [0.3, 0.4) is 0 Å². The number of hydrogen-bond donors (Lipinski definition) is 1. The van der Waals surface area contributed by atoms with Crippen LogP contribution in [0.25, 0.3) is 0 Å². The number of pyridine rings is 1. The molecule has 0 aliphatic carbocycles. The van der Waals surface area contributed by atoms with Gasteiger partial charge in [-0.15, -0.1) is 0 Å². The van der Waals surface area contributed by atoms with Crippen molar-refractivity contribution in [3.63, 3.8) is 0 Å². The summed E-state index contributed by atoms with van der Waals surface area (Å²) in [6.07, 6.45) is 1.48. The zero-order chi connectivity index (χ0) is 13.1. The third-order valence-electron chi connectivity index (χ3n) is 2.13. The minimum absolute atomic E-state index is 0.0663. The fourth-order valence-electron chi connectivity index (χ4n) is 1.31.